The van der Waals surface area contributed by atoms with E-state index >= 15 is 0 Å². The first kappa shape index (κ1) is 37.2. The van der Waals surface area contributed by atoms with Crippen molar-refractivity contribution in [1.82, 2.24) is 0 Å². The molecule has 0 N–H and O–H groups in total. The molecule has 0 aliphatic carbocycles. The summed E-state index contributed by atoms with van der Waals surface area (Å²) in [6.45, 7) is 0. The van der Waals surface area contributed by atoms with Gasteiger partial charge in [-0.1, -0.05) is 212 Å². The summed E-state index contributed by atoms with van der Waals surface area (Å²) < 4.78 is 2.55. The van der Waals surface area contributed by atoms with Gasteiger partial charge in [-0.15, -0.1) is 11.3 Å². The number of rotatable bonds is 9. The largest absolute Gasteiger partial charge is 0.310 e. The predicted molar refractivity (Wildman–Crippen MR) is 267 cm³/mol. The maximum Gasteiger partial charge on any atom is 0.0555 e. The Hall–Kier alpha value is -7.78. The molecular weight excluding hydrogens is 767 g/mol. The highest BCUT2D eigenvalue weighted by Crippen LogP contribution is 2.50. The van der Waals surface area contributed by atoms with E-state index in [9.17, 15) is 0 Å². The molecule has 0 unspecified atom stereocenters. The van der Waals surface area contributed by atoms with E-state index < -0.39 is 0 Å². The Morgan fingerprint density at radius 1 is 0.258 bits per heavy atom. The van der Waals surface area contributed by atoms with Gasteiger partial charge in [-0.25, -0.2) is 0 Å². The van der Waals surface area contributed by atoms with Crippen molar-refractivity contribution in [1.29, 1.82) is 0 Å². The van der Waals surface area contributed by atoms with Gasteiger partial charge in [-0.2, -0.15) is 0 Å². The van der Waals surface area contributed by atoms with Gasteiger partial charge in [0.2, 0.25) is 0 Å². The summed E-state index contributed by atoms with van der Waals surface area (Å²) in [6, 6.07) is 90.2. The molecule has 1 aromatic heterocycles. The Bertz CT molecular complexity index is 3190. The number of fused-ring (bicyclic) bond motifs is 3. The smallest absolute Gasteiger partial charge is 0.0555 e. The molecule has 0 radical (unpaired) electrons. The van der Waals surface area contributed by atoms with Crippen molar-refractivity contribution in [3.8, 4) is 66.8 Å². The van der Waals surface area contributed by atoms with E-state index in [0.717, 1.165) is 17.1 Å². The lowest BCUT2D eigenvalue weighted by atomic mass is 9.92. The SMILES string of the molecule is c1ccc(-c2ccccc2-c2ccc(N(c3ccc(-c4ccccc4-c4ccccc4)cc3)c3ccc(-c4ccccc4-c4ccccc4)c4sc5ccccc5c34)cc2)cc1. The van der Waals surface area contributed by atoms with Crippen LogP contribution in [0.4, 0.5) is 17.1 Å². The van der Waals surface area contributed by atoms with Gasteiger partial charge in [0.15, 0.2) is 0 Å². The normalized spacial score (nSPS) is 11.2. The fraction of sp³-hybridized carbons (Fsp3) is 0. The molecule has 0 saturated carbocycles. The molecule has 0 fully saturated rings. The van der Waals surface area contributed by atoms with Crippen LogP contribution in [0.5, 0.6) is 0 Å². The standard InChI is InChI=1S/C60H41NS/c1-4-18-42(19-5-1)49-24-10-12-26-51(49)45-32-36-47(37-33-45)61(48-38-34-46(35-39-48)52-27-13-11-25-50(52)43-20-6-2-7-21-43)57-41-40-55(60-59(57)56-30-16-17-31-58(56)62-60)54-29-15-14-28-53(54)44-22-8-3-9-23-44/h1-41H. The van der Waals surface area contributed by atoms with E-state index in [2.05, 4.69) is 254 Å². The lowest BCUT2D eigenvalue weighted by molar-refractivity contribution is 1.30. The third kappa shape index (κ3) is 6.87. The third-order valence-corrected chi connectivity index (χ3v) is 13.1. The summed E-state index contributed by atoms with van der Waals surface area (Å²) in [4.78, 5) is 2.45. The number of hydrogen-bond acceptors (Lipinski definition) is 2. The van der Waals surface area contributed by atoms with Gasteiger partial charge < -0.3 is 4.90 Å². The Morgan fingerprint density at radius 3 is 1.06 bits per heavy atom. The summed E-state index contributed by atoms with van der Waals surface area (Å²) in [6.07, 6.45) is 0. The first-order valence-electron chi connectivity index (χ1n) is 21.2. The van der Waals surface area contributed by atoms with Crippen LogP contribution in [-0.4, -0.2) is 0 Å². The van der Waals surface area contributed by atoms with Crippen molar-refractivity contribution in [2.75, 3.05) is 4.90 Å². The van der Waals surface area contributed by atoms with Crippen molar-refractivity contribution in [3.63, 3.8) is 0 Å². The summed E-state index contributed by atoms with van der Waals surface area (Å²) in [5.41, 5.74) is 17.9. The van der Waals surface area contributed by atoms with Gasteiger partial charge in [-0.3, -0.25) is 0 Å². The summed E-state index contributed by atoms with van der Waals surface area (Å²) in [5.74, 6) is 0. The number of hydrogen-bond donors (Lipinski definition) is 0. The van der Waals surface area contributed by atoms with E-state index in [-0.39, 0.29) is 0 Å². The van der Waals surface area contributed by atoms with E-state index in [1.807, 2.05) is 11.3 Å². The van der Waals surface area contributed by atoms with Crippen LogP contribution >= 0.6 is 11.3 Å². The van der Waals surface area contributed by atoms with Gasteiger partial charge in [0.05, 0.1) is 5.69 Å². The molecule has 0 saturated heterocycles. The van der Waals surface area contributed by atoms with E-state index in [1.165, 1.54) is 86.9 Å². The zero-order valence-corrected chi connectivity index (χ0v) is 34.8. The highest BCUT2D eigenvalue weighted by Gasteiger charge is 2.23. The second-order valence-corrected chi connectivity index (χ2v) is 16.7. The second kappa shape index (κ2) is 16.3. The molecule has 0 bridgehead atoms. The van der Waals surface area contributed by atoms with Crippen LogP contribution in [0.3, 0.4) is 0 Å². The van der Waals surface area contributed by atoms with Crippen molar-refractivity contribution in [3.05, 3.63) is 249 Å². The minimum absolute atomic E-state index is 1.09. The van der Waals surface area contributed by atoms with Gasteiger partial charge in [0.1, 0.15) is 0 Å². The molecule has 11 aromatic rings. The van der Waals surface area contributed by atoms with Gasteiger partial charge in [0.25, 0.3) is 0 Å². The average molecular weight is 808 g/mol. The minimum atomic E-state index is 1.09. The lowest BCUT2D eigenvalue weighted by Gasteiger charge is -2.28. The third-order valence-electron chi connectivity index (χ3n) is 11.9. The van der Waals surface area contributed by atoms with E-state index in [1.54, 1.807) is 0 Å². The average Bonchev–Trinajstić information content (AvgIpc) is 3.76. The minimum Gasteiger partial charge on any atom is -0.310 e. The van der Waals surface area contributed by atoms with Crippen LogP contribution in [0.25, 0.3) is 86.9 Å². The molecule has 0 aliphatic rings. The Morgan fingerprint density at radius 2 is 0.613 bits per heavy atom. The van der Waals surface area contributed by atoms with Crippen LogP contribution < -0.4 is 4.90 Å². The molecule has 1 nitrogen and oxygen atoms in total. The Kier molecular flexibility index (Phi) is 9.82. The fourth-order valence-corrected chi connectivity index (χ4v) is 10.3. The molecule has 1 heterocycles. The van der Waals surface area contributed by atoms with Crippen molar-refractivity contribution in [2.45, 2.75) is 0 Å². The Labute approximate surface area is 367 Å². The quantitative estimate of drug-likeness (QED) is 0.140. The van der Waals surface area contributed by atoms with Crippen molar-refractivity contribution in [2.24, 2.45) is 0 Å². The number of anilines is 3. The summed E-state index contributed by atoms with van der Waals surface area (Å²) >= 11 is 1.88. The molecule has 0 amide bonds. The first-order chi connectivity index (χ1) is 30.8. The number of thiophene rings is 1. The van der Waals surface area contributed by atoms with Crippen molar-refractivity contribution >= 4 is 48.6 Å². The molecule has 11 rings (SSSR count). The van der Waals surface area contributed by atoms with E-state index in [0.29, 0.717) is 0 Å². The van der Waals surface area contributed by atoms with Gasteiger partial charge >= 0.3 is 0 Å². The molecule has 62 heavy (non-hydrogen) atoms. The fourth-order valence-electron chi connectivity index (χ4n) is 9.01. The highest BCUT2D eigenvalue weighted by atomic mass is 32.1. The maximum atomic E-state index is 2.45. The topological polar surface area (TPSA) is 3.24 Å². The van der Waals surface area contributed by atoms with Gasteiger partial charge in [-0.05, 0) is 97.6 Å². The predicted octanol–water partition coefficient (Wildman–Crippen LogP) is 17.5. The van der Waals surface area contributed by atoms with Crippen LogP contribution in [0.1, 0.15) is 0 Å². The molecule has 2 heteroatoms. The van der Waals surface area contributed by atoms with Crippen LogP contribution in [0.15, 0.2) is 249 Å². The lowest BCUT2D eigenvalue weighted by Crippen LogP contribution is -2.10. The zero-order chi connectivity index (χ0) is 41.2. The molecule has 10 aromatic carbocycles. The zero-order valence-electron chi connectivity index (χ0n) is 34.0. The molecule has 0 aliphatic heterocycles. The Balaban J connectivity index is 1.10. The maximum absolute atomic E-state index is 2.45. The molecule has 0 spiro atoms. The number of nitrogens with zero attached hydrogens (tertiary/aromatic N) is 1. The highest BCUT2D eigenvalue weighted by molar-refractivity contribution is 7.26. The second-order valence-electron chi connectivity index (χ2n) is 15.6. The van der Waals surface area contributed by atoms with Gasteiger partial charge in [0, 0.05) is 37.1 Å². The molecular formula is C60H41NS. The van der Waals surface area contributed by atoms with Crippen LogP contribution in [0, 0.1) is 0 Å². The summed E-state index contributed by atoms with van der Waals surface area (Å²) in [5, 5.41) is 2.51. The molecule has 0 atom stereocenters. The number of benzene rings is 10. The monoisotopic (exact) mass is 807 g/mol. The first-order valence-corrected chi connectivity index (χ1v) is 22.0. The molecule has 292 valence electrons. The summed E-state index contributed by atoms with van der Waals surface area (Å²) in [7, 11) is 0. The van der Waals surface area contributed by atoms with Crippen molar-refractivity contribution < 1.29 is 0 Å². The van der Waals surface area contributed by atoms with Crippen LogP contribution in [0.2, 0.25) is 0 Å². The van der Waals surface area contributed by atoms with Crippen LogP contribution in [-0.2, 0) is 0 Å². The van der Waals surface area contributed by atoms with E-state index in [4.69, 9.17) is 0 Å².